The largest absolute Gasteiger partial charge is 0.370 e. The van der Waals surface area contributed by atoms with Crippen LogP contribution in [0.5, 0.6) is 0 Å². The maximum absolute atomic E-state index is 14.0. The predicted molar refractivity (Wildman–Crippen MR) is 138 cm³/mol. The molecule has 8 heteroatoms. The quantitative estimate of drug-likeness (QED) is 0.572. The molecule has 2 saturated heterocycles. The summed E-state index contributed by atoms with van der Waals surface area (Å²) in [4.78, 5) is 31.4. The van der Waals surface area contributed by atoms with Crippen LogP contribution in [0.4, 0.5) is 4.39 Å². The third kappa shape index (κ3) is 5.76. The van der Waals surface area contributed by atoms with Crippen molar-refractivity contribution in [1.82, 2.24) is 20.4 Å². The highest BCUT2D eigenvalue weighted by molar-refractivity contribution is 5.90. The molecule has 3 fully saturated rings. The van der Waals surface area contributed by atoms with Crippen molar-refractivity contribution in [3.8, 4) is 0 Å². The van der Waals surface area contributed by atoms with Gasteiger partial charge >= 0.3 is 0 Å². The fourth-order valence-electron chi connectivity index (χ4n) is 6.12. The van der Waals surface area contributed by atoms with Gasteiger partial charge in [-0.15, -0.1) is 0 Å². The maximum Gasteiger partial charge on any atom is 0.246 e. The van der Waals surface area contributed by atoms with Gasteiger partial charge in [0, 0.05) is 25.2 Å². The van der Waals surface area contributed by atoms with E-state index >= 15 is 0 Å². The summed E-state index contributed by atoms with van der Waals surface area (Å²) in [6, 6.07) is 6.16. The number of amides is 2. The van der Waals surface area contributed by atoms with Crippen molar-refractivity contribution >= 4 is 11.8 Å². The molecule has 1 aromatic rings. The van der Waals surface area contributed by atoms with Crippen LogP contribution in [0, 0.1) is 11.2 Å². The average molecular weight is 503 g/mol. The summed E-state index contributed by atoms with van der Waals surface area (Å²) >= 11 is 0. The molecule has 2 amide bonds. The minimum absolute atomic E-state index is 0.0321. The molecule has 200 valence electrons. The Morgan fingerprint density at radius 2 is 1.81 bits per heavy atom. The first-order valence-electron chi connectivity index (χ1n) is 13.5. The molecule has 2 heterocycles. The Morgan fingerprint density at radius 3 is 2.42 bits per heavy atom. The van der Waals surface area contributed by atoms with Crippen molar-refractivity contribution in [3.63, 3.8) is 0 Å². The molecule has 5 atom stereocenters. The van der Waals surface area contributed by atoms with Crippen molar-refractivity contribution in [1.29, 1.82) is 0 Å². The van der Waals surface area contributed by atoms with E-state index in [-0.39, 0.29) is 41.9 Å². The van der Waals surface area contributed by atoms with Gasteiger partial charge in [0.15, 0.2) is 0 Å². The molecule has 36 heavy (non-hydrogen) atoms. The van der Waals surface area contributed by atoms with Gasteiger partial charge in [0.2, 0.25) is 11.8 Å². The van der Waals surface area contributed by atoms with Gasteiger partial charge in [-0.3, -0.25) is 14.5 Å². The molecule has 7 nitrogen and oxygen atoms in total. The van der Waals surface area contributed by atoms with E-state index in [1.807, 2.05) is 25.7 Å². The van der Waals surface area contributed by atoms with E-state index in [9.17, 15) is 14.0 Å². The van der Waals surface area contributed by atoms with E-state index in [1.54, 1.807) is 26.1 Å². The first-order chi connectivity index (χ1) is 17.1. The molecule has 2 unspecified atom stereocenters. The molecule has 2 N–H and O–H groups in total. The first-order valence-corrected chi connectivity index (χ1v) is 13.5. The fraction of sp³-hybridized carbons (Fsp3) is 0.714. The molecule has 2 aliphatic heterocycles. The second kappa shape index (κ2) is 11.2. The molecule has 3 aliphatic rings. The van der Waals surface area contributed by atoms with E-state index in [2.05, 4.69) is 15.5 Å². The van der Waals surface area contributed by atoms with E-state index < -0.39 is 11.5 Å². The number of likely N-dealkylation sites (N-methyl/N-ethyl adjacent to an activating group) is 1. The lowest BCUT2D eigenvalue weighted by Crippen LogP contribution is -2.59. The maximum atomic E-state index is 14.0. The summed E-state index contributed by atoms with van der Waals surface area (Å²) in [5, 5.41) is 5.99. The number of carbonyl (C=O) groups is 2. The van der Waals surface area contributed by atoms with Crippen LogP contribution in [0.3, 0.4) is 0 Å². The number of benzene rings is 1. The third-order valence-electron chi connectivity index (χ3n) is 8.30. The Hall–Kier alpha value is -2.03. The van der Waals surface area contributed by atoms with Crippen molar-refractivity contribution in [2.75, 3.05) is 20.1 Å². The molecule has 4 rings (SSSR count). The minimum atomic E-state index is -0.627. The second-order valence-electron chi connectivity index (χ2n) is 11.8. The Balaban J connectivity index is 1.55. The molecule has 0 radical (unpaired) electrons. The predicted octanol–water partition coefficient (Wildman–Crippen LogP) is 3.08. The first kappa shape index (κ1) is 27.0. The van der Waals surface area contributed by atoms with Crippen molar-refractivity contribution in [3.05, 3.63) is 35.6 Å². The number of fused-ring (bicyclic) bond motifs is 1. The Labute approximate surface area is 215 Å². The van der Waals surface area contributed by atoms with Crippen LogP contribution in [0.15, 0.2) is 24.3 Å². The number of hydrogen-bond donors (Lipinski definition) is 2. The summed E-state index contributed by atoms with van der Waals surface area (Å²) in [6.45, 7) is 9.63. The summed E-state index contributed by atoms with van der Waals surface area (Å²) in [6.07, 6.45) is 5.70. The summed E-state index contributed by atoms with van der Waals surface area (Å²) in [5.41, 5.74) is 0.482. The van der Waals surface area contributed by atoms with Gasteiger partial charge in [0.25, 0.3) is 0 Å². The number of nitrogens with zero attached hydrogens (tertiary/aromatic N) is 2. The van der Waals surface area contributed by atoms with Crippen LogP contribution in [0.2, 0.25) is 0 Å². The fourth-order valence-corrected chi connectivity index (χ4v) is 6.12. The Bertz CT molecular complexity index is 912. The minimum Gasteiger partial charge on any atom is -0.370 e. The van der Waals surface area contributed by atoms with Crippen LogP contribution in [-0.4, -0.2) is 78.1 Å². The third-order valence-corrected chi connectivity index (χ3v) is 8.30. The SMILES string of the molecule is CNC(C)C(=O)NC(C(=O)N1CC[C@@H]2[C@H]1[C@@H](OCc1ccc(F)cc1)CN2C1CCCC1)C(C)(C)C. The van der Waals surface area contributed by atoms with E-state index in [4.69, 9.17) is 4.74 Å². The normalized spacial score (nSPS) is 26.7. The molecular weight excluding hydrogens is 459 g/mol. The molecule has 1 saturated carbocycles. The highest BCUT2D eigenvalue weighted by atomic mass is 19.1. The highest BCUT2D eigenvalue weighted by Gasteiger charge is 2.54. The van der Waals surface area contributed by atoms with E-state index in [0.29, 0.717) is 19.2 Å². The average Bonchev–Trinajstić information content (AvgIpc) is 3.58. The summed E-state index contributed by atoms with van der Waals surface area (Å²) in [5.74, 6) is -0.470. The van der Waals surface area contributed by atoms with Crippen molar-refractivity contribution < 1.29 is 18.7 Å². The summed E-state index contributed by atoms with van der Waals surface area (Å²) < 4.78 is 19.8. The molecule has 0 bridgehead atoms. The van der Waals surface area contributed by atoms with Gasteiger partial charge in [-0.05, 0) is 56.3 Å². The van der Waals surface area contributed by atoms with E-state index in [1.165, 1.54) is 37.8 Å². The number of hydrogen-bond acceptors (Lipinski definition) is 5. The number of carbonyl (C=O) groups excluding carboxylic acids is 2. The molecule has 1 aromatic carbocycles. The van der Waals surface area contributed by atoms with Crippen molar-refractivity contribution in [2.45, 2.75) is 103 Å². The van der Waals surface area contributed by atoms with Gasteiger partial charge in [-0.25, -0.2) is 4.39 Å². The molecule has 0 aromatic heterocycles. The Kier molecular flexibility index (Phi) is 8.37. The number of likely N-dealkylation sites (tertiary alicyclic amines) is 2. The highest BCUT2D eigenvalue weighted by Crippen LogP contribution is 2.39. The number of ether oxygens (including phenoxy) is 1. The molecular formula is C28H43FN4O3. The van der Waals surface area contributed by atoms with Crippen molar-refractivity contribution in [2.24, 2.45) is 5.41 Å². The van der Waals surface area contributed by atoms with Crippen LogP contribution < -0.4 is 10.6 Å². The molecule has 1 aliphatic carbocycles. The zero-order chi connectivity index (χ0) is 26.0. The van der Waals surface area contributed by atoms with Crippen LogP contribution >= 0.6 is 0 Å². The van der Waals surface area contributed by atoms with Gasteiger partial charge in [0.05, 0.1) is 24.8 Å². The van der Waals surface area contributed by atoms with Crippen LogP contribution in [0.1, 0.15) is 65.4 Å². The lowest BCUT2D eigenvalue weighted by Gasteiger charge is -2.37. The number of halogens is 1. The standard InChI is InChI=1S/C28H43FN4O3/c1-18(30-5)26(34)31-25(28(2,3)4)27(35)32-15-14-22-24(32)23(16-33(22)21-8-6-7-9-21)36-17-19-10-12-20(29)13-11-19/h10-13,18,21-25,30H,6-9,14-17H2,1-5H3,(H,31,34)/t18?,22-,23+,24+,25?/m1/s1. The number of rotatable bonds is 8. The zero-order valence-corrected chi connectivity index (χ0v) is 22.4. The summed E-state index contributed by atoms with van der Waals surface area (Å²) in [7, 11) is 1.74. The second-order valence-corrected chi connectivity index (χ2v) is 11.8. The van der Waals surface area contributed by atoms with Crippen LogP contribution in [0.25, 0.3) is 0 Å². The lowest BCUT2D eigenvalue weighted by atomic mass is 9.85. The zero-order valence-electron chi connectivity index (χ0n) is 22.4. The van der Waals surface area contributed by atoms with E-state index in [0.717, 1.165) is 18.5 Å². The topological polar surface area (TPSA) is 73.9 Å². The Morgan fingerprint density at radius 1 is 1.14 bits per heavy atom. The monoisotopic (exact) mass is 502 g/mol. The lowest BCUT2D eigenvalue weighted by molar-refractivity contribution is -0.142. The van der Waals surface area contributed by atoms with Gasteiger partial charge in [-0.2, -0.15) is 0 Å². The molecule has 0 spiro atoms. The smallest absolute Gasteiger partial charge is 0.246 e. The van der Waals surface area contributed by atoms with Gasteiger partial charge in [-0.1, -0.05) is 45.7 Å². The van der Waals surface area contributed by atoms with Gasteiger partial charge < -0.3 is 20.3 Å². The number of nitrogens with one attached hydrogen (secondary N) is 2. The van der Waals surface area contributed by atoms with Crippen LogP contribution in [-0.2, 0) is 20.9 Å². The van der Waals surface area contributed by atoms with Gasteiger partial charge in [0.1, 0.15) is 11.9 Å².